The van der Waals surface area contributed by atoms with Gasteiger partial charge in [0.15, 0.2) is 0 Å². The largest absolute Gasteiger partial charge is 0.490 e. The fraction of sp³-hybridized carbons (Fsp3) is 0.333. The maximum absolute atomic E-state index is 13.1. The quantitative estimate of drug-likeness (QED) is 0.431. The number of carbonyl (C=O) groups is 2. The van der Waals surface area contributed by atoms with E-state index in [4.69, 9.17) is 9.47 Å². The van der Waals surface area contributed by atoms with Gasteiger partial charge in [0.2, 0.25) is 0 Å². The minimum absolute atomic E-state index is 0.159. The number of carbonyl (C=O) groups excluding carboxylic acids is 2. The molecule has 2 heterocycles. The first-order valence-electron chi connectivity index (χ1n) is 13.2. The van der Waals surface area contributed by atoms with E-state index in [1.807, 2.05) is 49.4 Å². The lowest BCUT2D eigenvalue weighted by Crippen LogP contribution is -2.36. The summed E-state index contributed by atoms with van der Waals surface area (Å²) in [5.74, 6) is 0.260. The first-order chi connectivity index (χ1) is 18.5. The zero-order chi connectivity index (χ0) is 26.3. The number of hydrogen-bond donors (Lipinski definition) is 3. The van der Waals surface area contributed by atoms with Gasteiger partial charge in [-0.2, -0.15) is 0 Å². The van der Waals surface area contributed by atoms with Crippen molar-refractivity contribution in [3.63, 3.8) is 0 Å². The predicted molar refractivity (Wildman–Crippen MR) is 150 cm³/mol. The third-order valence-corrected chi connectivity index (χ3v) is 6.91. The Labute approximate surface area is 223 Å². The molecule has 0 aliphatic carbocycles. The topological polar surface area (TPSA) is 91.9 Å². The van der Waals surface area contributed by atoms with E-state index in [9.17, 15) is 9.59 Å². The molecule has 0 atom stereocenters. The first-order valence-corrected chi connectivity index (χ1v) is 13.2. The molecule has 0 radical (unpaired) electrons. The molecule has 38 heavy (non-hydrogen) atoms. The second-order valence-electron chi connectivity index (χ2n) is 9.68. The van der Waals surface area contributed by atoms with Gasteiger partial charge in [-0.25, -0.2) is 0 Å². The second kappa shape index (κ2) is 12.1. The Hall–Kier alpha value is -3.88. The molecule has 0 saturated carbocycles. The molecule has 0 aromatic heterocycles. The summed E-state index contributed by atoms with van der Waals surface area (Å²) < 4.78 is 11.5. The Morgan fingerprint density at radius 2 is 1.61 bits per heavy atom. The van der Waals surface area contributed by atoms with Gasteiger partial charge in [0.25, 0.3) is 11.8 Å². The van der Waals surface area contributed by atoms with Crippen molar-refractivity contribution in [2.45, 2.75) is 25.9 Å². The number of nitrogens with one attached hydrogen (secondary N) is 3. The number of rotatable bonds is 7. The molecule has 5 rings (SSSR count). The Morgan fingerprint density at radius 3 is 2.39 bits per heavy atom. The first kappa shape index (κ1) is 25.8. The lowest BCUT2D eigenvalue weighted by Gasteiger charge is -2.29. The number of hydrogen-bond acceptors (Lipinski definition) is 6. The summed E-state index contributed by atoms with van der Waals surface area (Å²) in [5.41, 5.74) is 4.24. The van der Waals surface area contributed by atoms with Crippen LogP contribution in [0.3, 0.4) is 0 Å². The third-order valence-electron chi connectivity index (χ3n) is 6.91. The SMILES string of the molecule is Cc1ccc(NC(=O)c2cccc(N3CCOCC3)c2)cc1NC(=O)c1cccc(OC2CCNCC2)c1. The van der Waals surface area contributed by atoms with Gasteiger partial charge < -0.3 is 30.3 Å². The number of morpholine rings is 1. The molecule has 198 valence electrons. The highest BCUT2D eigenvalue weighted by Gasteiger charge is 2.17. The molecule has 0 unspecified atom stereocenters. The average Bonchev–Trinajstić information content (AvgIpc) is 2.96. The normalized spacial score (nSPS) is 16.1. The Balaban J connectivity index is 1.24. The number of benzene rings is 3. The molecule has 0 bridgehead atoms. The molecular formula is C30H34N4O4. The fourth-order valence-corrected chi connectivity index (χ4v) is 4.71. The van der Waals surface area contributed by atoms with Gasteiger partial charge in [-0.3, -0.25) is 9.59 Å². The van der Waals surface area contributed by atoms with Crippen molar-refractivity contribution in [3.05, 3.63) is 83.4 Å². The van der Waals surface area contributed by atoms with Crippen molar-refractivity contribution < 1.29 is 19.1 Å². The molecule has 8 nitrogen and oxygen atoms in total. The van der Waals surface area contributed by atoms with Crippen molar-refractivity contribution >= 4 is 28.9 Å². The van der Waals surface area contributed by atoms with E-state index in [2.05, 4.69) is 20.9 Å². The summed E-state index contributed by atoms with van der Waals surface area (Å²) in [6.07, 6.45) is 2.06. The standard InChI is InChI=1S/C30H34N4O4/c1-21-8-9-24(32-29(35)22-4-2-6-25(18-22)34-14-16-37-17-15-34)20-28(21)33-30(36)23-5-3-7-27(19-23)38-26-10-12-31-13-11-26/h2-9,18-20,26,31H,10-17H2,1H3,(H,32,35)(H,33,36). The van der Waals surface area contributed by atoms with Gasteiger partial charge >= 0.3 is 0 Å². The predicted octanol–water partition coefficient (Wildman–Crippen LogP) is 4.47. The van der Waals surface area contributed by atoms with Crippen LogP contribution in [0, 0.1) is 6.92 Å². The molecule has 2 aliphatic rings. The summed E-state index contributed by atoms with van der Waals surface area (Å²) in [6, 6.07) is 20.4. The second-order valence-corrected chi connectivity index (χ2v) is 9.68. The van der Waals surface area contributed by atoms with Crippen molar-refractivity contribution in [1.29, 1.82) is 0 Å². The number of piperidine rings is 1. The van der Waals surface area contributed by atoms with Crippen molar-refractivity contribution in [2.24, 2.45) is 0 Å². The molecule has 2 fully saturated rings. The van der Waals surface area contributed by atoms with E-state index in [1.165, 1.54) is 0 Å². The van der Waals surface area contributed by atoms with E-state index in [0.29, 0.717) is 41.5 Å². The number of aryl methyl sites for hydroxylation is 1. The van der Waals surface area contributed by atoms with Crippen LogP contribution in [0.4, 0.5) is 17.1 Å². The molecule has 8 heteroatoms. The molecule has 3 N–H and O–H groups in total. The smallest absolute Gasteiger partial charge is 0.255 e. The third kappa shape index (κ3) is 6.51. The molecular weight excluding hydrogens is 480 g/mol. The van der Waals surface area contributed by atoms with Crippen molar-refractivity contribution in [2.75, 3.05) is 54.9 Å². The summed E-state index contributed by atoms with van der Waals surface area (Å²) >= 11 is 0. The van der Waals surface area contributed by atoms with Crippen LogP contribution in [0.1, 0.15) is 39.1 Å². The Kier molecular flexibility index (Phi) is 8.21. The van der Waals surface area contributed by atoms with Gasteiger partial charge in [0.05, 0.1) is 13.2 Å². The van der Waals surface area contributed by atoms with Gasteiger partial charge in [-0.05, 0) is 86.9 Å². The number of amides is 2. The van der Waals surface area contributed by atoms with Crippen LogP contribution < -0.4 is 25.6 Å². The summed E-state index contributed by atoms with van der Waals surface area (Å²) in [5, 5.41) is 9.28. The molecule has 2 saturated heterocycles. The van der Waals surface area contributed by atoms with Gasteiger partial charge in [-0.1, -0.05) is 18.2 Å². The molecule has 3 aromatic rings. The average molecular weight is 515 g/mol. The molecule has 0 spiro atoms. The zero-order valence-corrected chi connectivity index (χ0v) is 21.7. The van der Waals surface area contributed by atoms with E-state index in [-0.39, 0.29) is 17.9 Å². The fourth-order valence-electron chi connectivity index (χ4n) is 4.71. The monoisotopic (exact) mass is 514 g/mol. The van der Waals surface area contributed by atoms with Crippen LogP contribution in [0.15, 0.2) is 66.7 Å². The minimum atomic E-state index is -0.231. The van der Waals surface area contributed by atoms with Crippen LogP contribution >= 0.6 is 0 Å². The number of nitrogens with zero attached hydrogens (tertiary/aromatic N) is 1. The summed E-state index contributed by atoms with van der Waals surface area (Å²) in [6.45, 7) is 6.78. The van der Waals surface area contributed by atoms with Crippen LogP contribution in [0.2, 0.25) is 0 Å². The molecule has 3 aromatic carbocycles. The van der Waals surface area contributed by atoms with E-state index < -0.39 is 0 Å². The number of anilines is 3. The Bertz CT molecular complexity index is 1280. The van der Waals surface area contributed by atoms with Gasteiger partial charge in [0, 0.05) is 41.3 Å². The van der Waals surface area contributed by atoms with E-state index in [0.717, 1.165) is 50.3 Å². The summed E-state index contributed by atoms with van der Waals surface area (Å²) in [4.78, 5) is 28.3. The van der Waals surface area contributed by atoms with Crippen LogP contribution in [0.5, 0.6) is 5.75 Å². The highest BCUT2D eigenvalue weighted by molar-refractivity contribution is 6.07. The van der Waals surface area contributed by atoms with Gasteiger partial charge in [0.1, 0.15) is 11.9 Å². The highest BCUT2D eigenvalue weighted by Crippen LogP contribution is 2.24. The van der Waals surface area contributed by atoms with E-state index >= 15 is 0 Å². The molecule has 2 aliphatic heterocycles. The molecule has 2 amide bonds. The van der Waals surface area contributed by atoms with Crippen LogP contribution in [-0.4, -0.2) is 57.3 Å². The van der Waals surface area contributed by atoms with Crippen LogP contribution in [-0.2, 0) is 4.74 Å². The Morgan fingerprint density at radius 1 is 0.895 bits per heavy atom. The zero-order valence-electron chi connectivity index (χ0n) is 21.7. The van der Waals surface area contributed by atoms with E-state index in [1.54, 1.807) is 24.3 Å². The van der Waals surface area contributed by atoms with Crippen molar-refractivity contribution in [3.8, 4) is 5.75 Å². The van der Waals surface area contributed by atoms with Crippen molar-refractivity contribution in [1.82, 2.24) is 5.32 Å². The lowest BCUT2D eigenvalue weighted by molar-refractivity contribution is 0.101. The maximum Gasteiger partial charge on any atom is 0.255 e. The maximum atomic E-state index is 13.1. The number of ether oxygens (including phenoxy) is 2. The lowest BCUT2D eigenvalue weighted by atomic mass is 10.1. The van der Waals surface area contributed by atoms with Crippen LogP contribution in [0.25, 0.3) is 0 Å². The summed E-state index contributed by atoms with van der Waals surface area (Å²) in [7, 11) is 0. The van der Waals surface area contributed by atoms with Gasteiger partial charge in [-0.15, -0.1) is 0 Å². The minimum Gasteiger partial charge on any atom is -0.490 e. The highest BCUT2D eigenvalue weighted by atomic mass is 16.5.